The monoisotopic (exact) mass is 155 g/mol. The number of allylic oxidation sites excluding steroid dienone is 1. The molecular weight excluding hydrogens is 134 g/mol. The summed E-state index contributed by atoms with van der Waals surface area (Å²) in [6, 6.07) is 0. The van der Waals surface area contributed by atoms with Crippen molar-refractivity contribution in [2.24, 2.45) is 11.1 Å². The van der Waals surface area contributed by atoms with Crippen molar-refractivity contribution < 1.29 is 0 Å². The lowest BCUT2D eigenvalue weighted by Crippen LogP contribution is -2.16. The lowest BCUT2D eigenvalue weighted by atomic mass is 9.83. The van der Waals surface area contributed by atoms with Gasteiger partial charge in [-0.15, -0.1) is 6.58 Å². The molecule has 0 aromatic rings. The highest BCUT2D eigenvalue weighted by molar-refractivity contribution is 4.89. The van der Waals surface area contributed by atoms with Crippen molar-refractivity contribution in [3.63, 3.8) is 0 Å². The Morgan fingerprint density at radius 2 is 1.91 bits per heavy atom. The van der Waals surface area contributed by atoms with Gasteiger partial charge in [0.1, 0.15) is 0 Å². The van der Waals surface area contributed by atoms with E-state index in [2.05, 4.69) is 27.4 Å². The summed E-state index contributed by atoms with van der Waals surface area (Å²) in [6.07, 6.45) is 3.45. The van der Waals surface area contributed by atoms with E-state index in [9.17, 15) is 0 Å². The van der Waals surface area contributed by atoms with E-state index in [-0.39, 0.29) is 0 Å². The molecule has 0 saturated carbocycles. The molecule has 0 aliphatic heterocycles. The molecule has 0 spiro atoms. The third-order valence-corrected chi connectivity index (χ3v) is 2.05. The largest absolute Gasteiger partial charge is 0.330 e. The van der Waals surface area contributed by atoms with Crippen molar-refractivity contribution in [1.82, 2.24) is 0 Å². The summed E-state index contributed by atoms with van der Waals surface area (Å²) in [7, 11) is 0. The van der Waals surface area contributed by atoms with E-state index >= 15 is 0 Å². The maximum Gasteiger partial charge on any atom is -0.00722 e. The van der Waals surface area contributed by atoms with Crippen LogP contribution in [0.2, 0.25) is 0 Å². The normalized spacial score (nSPS) is 11.6. The van der Waals surface area contributed by atoms with Crippen LogP contribution in [0.4, 0.5) is 0 Å². The summed E-state index contributed by atoms with van der Waals surface area (Å²) >= 11 is 0. The average Bonchev–Trinajstić information content (AvgIpc) is 1.84. The summed E-state index contributed by atoms with van der Waals surface area (Å²) in [4.78, 5) is 0. The fraction of sp³-hybridized carbons (Fsp3) is 0.800. The molecule has 0 unspecified atom stereocenters. The molecule has 0 rings (SSSR count). The van der Waals surface area contributed by atoms with Gasteiger partial charge in [0.25, 0.3) is 0 Å². The third kappa shape index (κ3) is 6.11. The Morgan fingerprint density at radius 1 is 1.36 bits per heavy atom. The van der Waals surface area contributed by atoms with Gasteiger partial charge in [-0.05, 0) is 38.1 Å². The van der Waals surface area contributed by atoms with E-state index in [0.29, 0.717) is 5.41 Å². The summed E-state index contributed by atoms with van der Waals surface area (Å²) in [5.74, 6) is 0. The third-order valence-electron chi connectivity index (χ3n) is 2.05. The highest BCUT2D eigenvalue weighted by atomic mass is 14.5. The van der Waals surface area contributed by atoms with E-state index in [4.69, 9.17) is 5.73 Å². The fourth-order valence-electron chi connectivity index (χ4n) is 1.07. The molecule has 0 aliphatic carbocycles. The van der Waals surface area contributed by atoms with Crippen LogP contribution in [0, 0.1) is 5.41 Å². The molecule has 11 heavy (non-hydrogen) atoms. The Morgan fingerprint density at radius 3 is 2.27 bits per heavy atom. The molecule has 0 bridgehead atoms. The minimum absolute atomic E-state index is 0.397. The molecular formula is C10H21N. The van der Waals surface area contributed by atoms with Crippen LogP contribution in [0.3, 0.4) is 0 Å². The van der Waals surface area contributed by atoms with E-state index in [1.807, 2.05) is 0 Å². The molecule has 0 saturated heterocycles. The summed E-state index contributed by atoms with van der Waals surface area (Å²) in [5.41, 5.74) is 7.17. The molecule has 0 atom stereocenters. The highest BCUT2D eigenvalue weighted by Gasteiger charge is 2.15. The molecule has 0 heterocycles. The number of nitrogens with two attached hydrogens (primary N) is 1. The van der Waals surface area contributed by atoms with Crippen molar-refractivity contribution in [3.05, 3.63) is 12.2 Å². The first-order valence-corrected chi connectivity index (χ1v) is 4.32. The van der Waals surface area contributed by atoms with Gasteiger partial charge in [-0.25, -0.2) is 0 Å². The number of hydrogen-bond donors (Lipinski definition) is 1. The molecule has 0 aliphatic rings. The van der Waals surface area contributed by atoms with E-state index in [1.54, 1.807) is 0 Å². The van der Waals surface area contributed by atoms with Crippen LogP contribution >= 0.6 is 0 Å². The Kier molecular flexibility index (Phi) is 4.43. The molecule has 0 aromatic heterocycles. The predicted molar refractivity (Wildman–Crippen MR) is 51.5 cm³/mol. The van der Waals surface area contributed by atoms with Gasteiger partial charge in [0.05, 0.1) is 0 Å². The standard InChI is InChI=1S/C10H21N/c1-9(2)5-6-10(3,4)7-8-11/h1,5-8,11H2,2-4H3. The van der Waals surface area contributed by atoms with Crippen molar-refractivity contribution in [1.29, 1.82) is 0 Å². The zero-order valence-corrected chi connectivity index (χ0v) is 8.11. The average molecular weight is 155 g/mol. The van der Waals surface area contributed by atoms with Gasteiger partial charge in [-0.1, -0.05) is 19.4 Å². The van der Waals surface area contributed by atoms with Crippen LogP contribution in [0.15, 0.2) is 12.2 Å². The van der Waals surface area contributed by atoms with Gasteiger partial charge < -0.3 is 5.73 Å². The van der Waals surface area contributed by atoms with E-state index < -0.39 is 0 Å². The topological polar surface area (TPSA) is 26.0 Å². The van der Waals surface area contributed by atoms with Crippen molar-refractivity contribution >= 4 is 0 Å². The van der Waals surface area contributed by atoms with Gasteiger partial charge in [-0.3, -0.25) is 0 Å². The zero-order valence-electron chi connectivity index (χ0n) is 8.11. The Labute approximate surface area is 70.7 Å². The highest BCUT2D eigenvalue weighted by Crippen LogP contribution is 2.27. The maximum absolute atomic E-state index is 5.50. The van der Waals surface area contributed by atoms with Gasteiger partial charge in [0.15, 0.2) is 0 Å². The number of rotatable bonds is 5. The Bertz CT molecular complexity index is 125. The smallest absolute Gasteiger partial charge is 0.00722 e. The lowest BCUT2D eigenvalue weighted by Gasteiger charge is -2.23. The molecule has 0 amide bonds. The fourth-order valence-corrected chi connectivity index (χ4v) is 1.07. The van der Waals surface area contributed by atoms with Gasteiger partial charge in [0, 0.05) is 0 Å². The second kappa shape index (κ2) is 4.55. The van der Waals surface area contributed by atoms with Crippen LogP contribution in [0.1, 0.15) is 40.0 Å². The maximum atomic E-state index is 5.50. The number of hydrogen-bond acceptors (Lipinski definition) is 1. The predicted octanol–water partition coefficient (Wildman–Crippen LogP) is 2.72. The van der Waals surface area contributed by atoms with Crippen molar-refractivity contribution in [3.8, 4) is 0 Å². The first kappa shape index (κ1) is 10.7. The van der Waals surface area contributed by atoms with E-state index in [1.165, 1.54) is 12.0 Å². The summed E-state index contributed by atoms with van der Waals surface area (Å²) in [5, 5.41) is 0. The van der Waals surface area contributed by atoms with E-state index in [0.717, 1.165) is 19.4 Å². The zero-order chi connectivity index (χ0) is 8.91. The van der Waals surface area contributed by atoms with Crippen LogP contribution < -0.4 is 5.73 Å². The van der Waals surface area contributed by atoms with Crippen molar-refractivity contribution in [2.45, 2.75) is 40.0 Å². The molecule has 0 aromatic carbocycles. The molecule has 2 N–H and O–H groups in total. The Hall–Kier alpha value is -0.300. The molecule has 0 fully saturated rings. The lowest BCUT2D eigenvalue weighted by molar-refractivity contribution is 0.313. The quantitative estimate of drug-likeness (QED) is 0.607. The van der Waals surface area contributed by atoms with Gasteiger partial charge in [-0.2, -0.15) is 0 Å². The molecule has 1 nitrogen and oxygen atoms in total. The van der Waals surface area contributed by atoms with Crippen molar-refractivity contribution in [2.75, 3.05) is 6.54 Å². The van der Waals surface area contributed by atoms with Gasteiger partial charge in [0.2, 0.25) is 0 Å². The Balaban J connectivity index is 3.63. The van der Waals surface area contributed by atoms with Crippen LogP contribution in [0.5, 0.6) is 0 Å². The molecule has 66 valence electrons. The summed E-state index contributed by atoms with van der Waals surface area (Å²) in [6.45, 7) is 11.3. The second-order valence-corrected chi connectivity index (χ2v) is 4.16. The van der Waals surface area contributed by atoms with Crippen LogP contribution in [0.25, 0.3) is 0 Å². The van der Waals surface area contributed by atoms with Crippen LogP contribution in [-0.2, 0) is 0 Å². The van der Waals surface area contributed by atoms with Crippen LogP contribution in [-0.4, -0.2) is 6.54 Å². The molecule has 0 radical (unpaired) electrons. The van der Waals surface area contributed by atoms with Gasteiger partial charge >= 0.3 is 0 Å². The summed E-state index contributed by atoms with van der Waals surface area (Å²) < 4.78 is 0. The first-order valence-electron chi connectivity index (χ1n) is 4.32. The minimum atomic E-state index is 0.397. The second-order valence-electron chi connectivity index (χ2n) is 4.16. The minimum Gasteiger partial charge on any atom is -0.330 e. The molecule has 1 heteroatoms. The SMILES string of the molecule is C=C(C)CCC(C)(C)CCN. The first-order chi connectivity index (χ1) is 4.98.